The van der Waals surface area contributed by atoms with Crippen LogP contribution in [0.1, 0.15) is 11.1 Å². The summed E-state index contributed by atoms with van der Waals surface area (Å²) in [6.45, 7) is 0. The molecule has 4 heteroatoms. The molecule has 0 aliphatic carbocycles. The van der Waals surface area contributed by atoms with Gasteiger partial charge in [-0.25, -0.2) is 0 Å². The third-order valence-corrected chi connectivity index (χ3v) is 3.01. The van der Waals surface area contributed by atoms with Gasteiger partial charge in [0.15, 0.2) is 0 Å². The number of hydrazone groups is 1. The summed E-state index contributed by atoms with van der Waals surface area (Å²) in [6, 6.07) is 17.3. The molecule has 0 saturated heterocycles. The molecule has 2 rings (SSSR count). The predicted molar refractivity (Wildman–Crippen MR) is 81.5 cm³/mol. The van der Waals surface area contributed by atoms with Crippen molar-refractivity contribution in [2.24, 2.45) is 5.10 Å². The maximum Gasteiger partial charge on any atom is 0.0991 e. The van der Waals surface area contributed by atoms with Crippen LogP contribution >= 0.6 is 22.6 Å². The number of anilines is 1. The van der Waals surface area contributed by atoms with Crippen molar-refractivity contribution in [3.8, 4) is 6.07 Å². The van der Waals surface area contributed by atoms with Crippen molar-refractivity contribution in [1.29, 1.82) is 5.26 Å². The fourth-order valence-corrected chi connectivity index (χ4v) is 1.71. The molecule has 88 valence electrons. The van der Waals surface area contributed by atoms with Gasteiger partial charge in [-0.3, -0.25) is 5.43 Å². The minimum atomic E-state index is 0.641. The van der Waals surface area contributed by atoms with Gasteiger partial charge in [0.25, 0.3) is 0 Å². The quantitative estimate of drug-likeness (QED) is 0.524. The maximum atomic E-state index is 8.67. The van der Waals surface area contributed by atoms with Gasteiger partial charge in [-0.2, -0.15) is 10.4 Å². The smallest absolute Gasteiger partial charge is 0.0991 e. The third-order valence-electron chi connectivity index (χ3n) is 2.29. The summed E-state index contributed by atoms with van der Waals surface area (Å²) in [5.41, 5.74) is 5.45. The Balaban J connectivity index is 1.98. The topological polar surface area (TPSA) is 48.2 Å². The molecule has 0 aliphatic rings. The van der Waals surface area contributed by atoms with Gasteiger partial charge >= 0.3 is 0 Å². The van der Waals surface area contributed by atoms with E-state index in [1.165, 1.54) is 3.57 Å². The van der Waals surface area contributed by atoms with Crippen LogP contribution in [0.15, 0.2) is 53.6 Å². The van der Waals surface area contributed by atoms with Gasteiger partial charge in [0.05, 0.1) is 23.5 Å². The fourth-order valence-electron chi connectivity index (χ4n) is 1.35. The number of hydrogen-bond donors (Lipinski definition) is 1. The second-order valence-electron chi connectivity index (χ2n) is 3.61. The number of rotatable bonds is 3. The van der Waals surface area contributed by atoms with Crippen LogP contribution in [0.5, 0.6) is 0 Å². The van der Waals surface area contributed by atoms with Gasteiger partial charge in [-0.1, -0.05) is 12.1 Å². The molecular weight excluding hydrogens is 337 g/mol. The monoisotopic (exact) mass is 347 g/mol. The van der Waals surface area contributed by atoms with E-state index in [-0.39, 0.29) is 0 Å². The molecule has 0 aliphatic heterocycles. The Morgan fingerprint density at radius 2 is 1.72 bits per heavy atom. The van der Waals surface area contributed by atoms with Gasteiger partial charge in [0.1, 0.15) is 0 Å². The largest absolute Gasteiger partial charge is 0.279 e. The highest BCUT2D eigenvalue weighted by Gasteiger charge is 1.91. The summed E-state index contributed by atoms with van der Waals surface area (Å²) >= 11 is 2.26. The molecule has 0 fully saturated rings. The van der Waals surface area contributed by atoms with Gasteiger partial charge in [-0.05, 0) is 64.6 Å². The predicted octanol–water partition coefficient (Wildman–Crippen LogP) is 3.61. The lowest BCUT2D eigenvalue weighted by molar-refractivity contribution is 1.34. The number of nitrogens with one attached hydrogen (secondary N) is 1. The number of halogens is 1. The highest BCUT2D eigenvalue weighted by atomic mass is 127. The zero-order valence-corrected chi connectivity index (χ0v) is 11.6. The van der Waals surface area contributed by atoms with E-state index >= 15 is 0 Å². The molecule has 2 aromatic rings. The molecule has 2 aromatic carbocycles. The molecule has 0 bridgehead atoms. The van der Waals surface area contributed by atoms with Crippen LogP contribution in [0.25, 0.3) is 0 Å². The van der Waals surface area contributed by atoms with Crippen LogP contribution < -0.4 is 5.43 Å². The Morgan fingerprint density at radius 3 is 2.33 bits per heavy atom. The molecule has 0 amide bonds. The average Bonchev–Trinajstić information content (AvgIpc) is 2.42. The summed E-state index contributed by atoms with van der Waals surface area (Å²) < 4.78 is 1.20. The van der Waals surface area contributed by atoms with Crippen molar-refractivity contribution in [2.75, 3.05) is 5.43 Å². The molecule has 0 radical (unpaired) electrons. The molecule has 0 heterocycles. The van der Waals surface area contributed by atoms with Crippen molar-refractivity contribution in [3.63, 3.8) is 0 Å². The van der Waals surface area contributed by atoms with E-state index in [0.717, 1.165) is 11.3 Å². The fraction of sp³-hybridized carbons (Fsp3) is 0. The minimum Gasteiger partial charge on any atom is -0.279 e. The first-order chi connectivity index (χ1) is 8.78. The summed E-state index contributed by atoms with van der Waals surface area (Å²) in [5, 5.41) is 12.8. The van der Waals surface area contributed by atoms with Crippen molar-refractivity contribution >= 4 is 34.5 Å². The van der Waals surface area contributed by atoms with E-state index in [1.54, 1.807) is 18.3 Å². The van der Waals surface area contributed by atoms with E-state index in [1.807, 2.05) is 36.4 Å². The Morgan fingerprint density at radius 1 is 1.06 bits per heavy atom. The van der Waals surface area contributed by atoms with Crippen LogP contribution in [0.3, 0.4) is 0 Å². The summed E-state index contributed by atoms with van der Waals surface area (Å²) in [4.78, 5) is 0. The lowest BCUT2D eigenvalue weighted by atomic mass is 10.2. The van der Waals surface area contributed by atoms with E-state index in [2.05, 4.69) is 39.2 Å². The van der Waals surface area contributed by atoms with Gasteiger partial charge in [0.2, 0.25) is 0 Å². The Kier molecular flexibility index (Phi) is 4.31. The van der Waals surface area contributed by atoms with Crippen LogP contribution in [0, 0.1) is 14.9 Å². The minimum absolute atomic E-state index is 0.641. The third kappa shape index (κ3) is 3.57. The SMILES string of the molecule is N#Cc1ccc(N/N=C/c2ccc(I)cc2)cc1. The van der Waals surface area contributed by atoms with Crippen molar-refractivity contribution < 1.29 is 0 Å². The van der Waals surface area contributed by atoms with Gasteiger partial charge in [-0.15, -0.1) is 0 Å². The van der Waals surface area contributed by atoms with E-state index in [0.29, 0.717) is 5.56 Å². The normalized spacial score (nSPS) is 10.2. The number of hydrogen-bond acceptors (Lipinski definition) is 3. The zero-order valence-electron chi connectivity index (χ0n) is 9.47. The van der Waals surface area contributed by atoms with E-state index in [9.17, 15) is 0 Å². The van der Waals surface area contributed by atoms with Crippen molar-refractivity contribution in [1.82, 2.24) is 0 Å². The van der Waals surface area contributed by atoms with Crippen molar-refractivity contribution in [2.45, 2.75) is 0 Å². The Bertz CT molecular complexity index is 580. The molecule has 1 N–H and O–H groups in total. The van der Waals surface area contributed by atoms with E-state index < -0.39 is 0 Å². The Labute approximate surface area is 119 Å². The molecular formula is C14H10IN3. The lowest BCUT2D eigenvalue weighted by Gasteiger charge is -1.99. The molecule has 0 atom stereocenters. The Hall–Kier alpha value is -1.87. The van der Waals surface area contributed by atoms with Crippen LogP contribution in [0.2, 0.25) is 0 Å². The first-order valence-corrected chi connectivity index (χ1v) is 6.40. The number of benzene rings is 2. The van der Waals surface area contributed by atoms with E-state index in [4.69, 9.17) is 5.26 Å². The van der Waals surface area contributed by atoms with Crippen molar-refractivity contribution in [3.05, 3.63) is 63.2 Å². The van der Waals surface area contributed by atoms with Crippen LogP contribution in [-0.2, 0) is 0 Å². The first kappa shape index (κ1) is 12.6. The van der Waals surface area contributed by atoms with Crippen LogP contribution in [-0.4, -0.2) is 6.21 Å². The molecule has 18 heavy (non-hydrogen) atoms. The highest BCUT2D eigenvalue weighted by Crippen LogP contribution is 2.09. The molecule has 0 unspecified atom stereocenters. The zero-order chi connectivity index (χ0) is 12.8. The molecule has 3 nitrogen and oxygen atoms in total. The highest BCUT2D eigenvalue weighted by molar-refractivity contribution is 14.1. The first-order valence-electron chi connectivity index (χ1n) is 5.33. The second kappa shape index (κ2) is 6.17. The van der Waals surface area contributed by atoms with Gasteiger partial charge in [0, 0.05) is 3.57 Å². The maximum absolute atomic E-state index is 8.67. The summed E-state index contributed by atoms with van der Waals surface area (Å²) in [7, 11) is 0. The lowest BCUT2D eigenvalue weighted by Crippen LogP contribution is -1.90. The molecule has 0 spiro atoms. The second-order valence-corrected chi connectivity index (χ2v) is 4.86. The number of nitriles is 1. The summed E-state index contributed by atoms with van der Waals surface area (Å²) in [6.07, 6.45) is 1.76. The van der Waals surface area contributed by atoms with Crippen LogP contribution in [0.4, 0.5) is 5.69 Å². The summed E-state index contributed by atoms with van der Waals surface area (Å²) in [5.74, 6) is 0. The standard InChI is InChI=1S/C14H10IN3/c15-13-5-1-12(2-6-13)10-17-18-14-7-3-11(9-16)4-8-14/h1-8,10,18H/b17-10+. The average molecular weight is 347 g/mol. The van der Waals surface area contributed by atoms with Gasteiger partial charge < -0.3 is 0 Å². The molecule has 0 aromatic heterocycles. The molecule has 0 saturated carbocycles. The number of nitrogens with zero attached hydrogens (tertiary/aromatic N) is 2.